The van der Waals surface area contributed by atoms with E-state index in [2.05, 4.69) is 5.32 Å². The van der Waals surface area contributed by atoms with Crippen molar-refractivity contribution in [1.82, 2.24) is 5.32 Å². The fourth-order valence-electron chi connectivity index (χ4n) is 3.18. The molecule has 2 nitrogen and oxygen atoms in total. The van der Waals surface area contributed by atoms with Crippen molar-refractivity contribution in [3.63, 3.8) is 0 Å². The van der Waals surface area contributed by atoms with Crippen LogP contribution in [0.5, 0.6) is 0 Å². The van der Waals surface area contributed by atoms with E-state index >= 15 is 0 Å². The van der Waals surface area contributed by atoms with Gasteiger partial charge in [0, 0.05) is 24.6 Å². The van der Waals surface area contributed by atoms with E-state index < -0.39 is 0 Å². The van der Waals surface area contributed by atoms with E-state index in [1.54, 1.807) is 0 Å². The molecule has 88 valence electrons. The minimum atomic E-state index is 0.234. The Bertz CT molecular complexity index is 181. The fraction of sp³-hybridized carbons (Fsp3) is 1.00. The van der Waals surface area contributed by atoms with E-state index in [1.165, 1.54) is 57.8 Å². The maximum absolute atomic E-state index is 9.51. The summed E-state index contributed by atoms with van der Waals surface area (Å²) in [5, 5.41) is 13.2. The summed E-state index contributed by atoms with van der Waals surface area (Å²) in [5.74, 6) is 0. The second-order valence-corrected chi connectivity index (χ2v) is 5.58. The molecular formula is C13H25NO. The molecule has 0 amide bonds. The summed E-state index contributed by atoms with van der Waals surface area (Å²) >= 11 is 0. The highest BCUT2D eigenvalue weighted by atomic mass is 16.3. The van der Waals surface area contributed by atoms with Gasteiger partial charge in [0.1, 0.15) is 0 Å². The minimum absolute atomic E-state index is 0.234. The third kappa shape index (κ3) is 2.94. The first-order valence-corrected chi connectivity index (χ1v) is 6.69. The normalized spacial score (nSPS) is 27.0. The van der Waals surface area contributed by atoms with Crippen LogP contribution < -0.4 is 5.32 Å². The van der Waals surface area contributed by atoms with Crippen LogP contribution in [0, 0.1) is 5.41 Å². The van der Waals surface area contributed by atoms with Gasteiger partial charge in [0.2, 0.25) is 0 Å². The van der Waals surface area contributed by atoms with Gasteiger partial charge in [-0.1, -0.05) is 32.1 Å². The van der Waals surface area contributed by atoms with Crippen molar-refractivity contribution in [2.24, 2.45) is 5.41 Å². The zero-order valence-corrected chi connectivity index (χ0v) is 9.80. The summed E-state index contributed by atoms with van der Waals surface area (Å²) in [4.78, 5) is 0. The molecule has 2 fully saturated rings. The molecule has 2 rings (SSSR count). The summed E-state index contributed by atoms with van der Waals surface area (Å²) in [6.45, 7) is 1.43. The monoisotopic (exact) mass is 211 g/mol. The SMILES string of the molecule is OCC1(CNC2CCCCC2)CCCC1. The Morgan fingerprint density at radius 3 is 2.27 bits per heavy atom. The number of hydrogen-bond donors (Lipinski definition) is 2. The van der Waals surface area contributed by atoms with E-state index in [4.69, 9.17) is 0 Å². The van der Waals surface area contributed by atoms with Crippen LogP contribution in [0.4, 0.5) is 0 Å². The number of hydrogen-bond acceptors (Lipinski definition) is 2. The van der Waals surface area contributed by atoms with Crippen molar-refractivity contribution in [3.8, 4) is 0 Å². The second-order valence-electron chi connectivity index (χ2n) is 5.58. The second kappa shape index (κ2) is 5.31. The molecule has 2 aliphatic carbocycles. The molecule has 0 unspecified atom stereocenters. The Hall–Kier alpha value is -0.0800. The highest BCUT2D eigenvalue weighted by Gasteiger charge is 2.33. The van der Waals surface area contributed by atoms with E-state index in [1.807, 2.05) is 0 Å². The van der Waals surface area contributed by atoms with Gasteiger partial charge in [-0.15, -0.1) is 0 Å². The van der Waals surface area contributed by atoms with E-state index in [9.17, 15) is 5.11 Å². The molecule has 0 aromatic carbocycles. The molecule has 0 saturated heterocycles. The molecule has 0 aromatic rings. The minimum Gasteiger partial charge on any atom is -0.396 e. The highest BCUT2D eigenvalue weighted by Crippen LogP contribution is 2.37. The third-order valence-corrected chi connectivity index (χ3v) is 4.37. The van der Waals surface area contributed by atoms with Gasteiger partial charge in [-0.3, -0.25) is 0 Å². The molecule has 0 aliphatic heterocycles. The van der Waals surface area contributed by atoms with E-state index in [-0.39, 0.29) is 5.41 Å². The molecule has 2 N–H and O–H groups in total. The number of aliphatic hydroxyl groups excluding tert-OH is 1. The Labute approximate surface area is 93.5 Å². The van der Waals surface area contributed by atoms with Crippen LogP contribution in [0.3, 0.4) is 0 Å². The Morgan fingerprint density at radius 1 is 1.00 bits per heavy atom. The van der Waals surface area contributed by atoms with Gasteiger partial charge in [0.25, 0.3) is 0 Å². The Balaban J connectivity index is 1.75. The number of aliphatic hydroxyl groups is 1. The largest absolute Gasteiger partial charge is 0.396 e. The Kier molecular flexibility index (Phi) is 4.04. The predicted octanol–water partition coefficient (Wildman–Crippen LogP) is 2.46. The molecule has 2 aliphatic rings. The maximum Gasteiger partial charge on any atom is 0.0499 e. The predicted molar refractivity (Wildman–Crippen MR) is 62.9 cm³/mol. The van der Waals surface area contributed by atoms with Crippen molar-refractivity contribution in [1.29, 1.82) is 0 Å². The van der Waals surface area contributed by atoms with Crippen molar-refractivity contribution in [2.75, 3.05) is 13.2 Å². The maximum atomic E-state index is 9.51. The smallest absolute Gasteiger partial charge is 0.0499 e. The van der Waals surface area contributed by atoms with Crippen LogP contribution in [0.2, 0.25) is 0 Å². The van der Waals surface area contributed by atoms with Crippen LogP contribution in [0.25, 0.3) is 0 Å². The van der Waals surface area contributed by atoms with Crippen LogP contribution in [0.1, 0.15) is 57.8 Å². The van der Waals surface area contributed by atoms with Crippen LogP contribution in [-0.2, 0) is 0 Å². The van der Waals surface area contributed by atoms with Gasteiger partial charge in [-0.2, -0.15) is 0 Å². The van der Waals surface area contributed by atoms with Crippen molar-refractivity contribution >= 4 is 0 Å². The van der Waals surface area contributed by atoms with Gasteiger partial charge in [-0.05, 0) is 25.7 Å². The topological polar surface area (TPSA) is 32.3 Å². The molecule has 2 heteroatoms. The zero-order valence-electron chi connectivity index (χ0n) is 9.80. The summed E-state index contributed by atoms with van der Waals surface area (Å²) in [7, 11) is 0. The quantitative estimate of drug-likeness (QED) is 0.748. The first-order chi connectivity index (χ1) is 7.35. The molecule has 0 bridgehead atoms. The molecule has 0 radical (unpaired) electrons. The number of nitrogens with one attached hydrogen (secondary N) is 1. The molecule has 15 heavy (non-hydrogen) atoms. The van der Waals surface area contributed by atoms with Crippen LogP contribution in [-0.4, -0.2) is 24.3 Å². The molecule has 0 heterocycles. The van der Waals surface area contributed by atoms with Crippen molar-refractivity contribution in [3.05, 3.63) is 0 Å². The van der Waals surface area contributed by atoms with Gasteiger partial charge in [0.05, 0.1) is 0 Å². The van der Waals surface area contributed by atoms with Crippen molar-refractivity contribution in [2.45, 2.75) is 63.8 Å². The molecule has 0 aromatic heterocycles. The van der Waals surface area contributed by atoms with Gasteiger partial charge < -0.3 is 10.4 Å². The molecule has 2 saturated carbocycles. The first-order valence-electron chi connectivity index (χ1n) is 6.69. The summed E-state index contributed by atoms with van der Waals surface area (Å²) in [5.41, 5.74) is 0.234. The van der Waals surface area contributed by atoms with Crippen LogP contribution in [0.15, 0.2) is 0 Å². The lowest BCUT2D eigenvalue weighted by Crippen LogP contribution is -2.41. The zero-order chi connectivity index (χ0) is 10.6. The average Bonchev–Trinajstić information content (AvgIpc) is 2.77. The molecule has 0 spiro atoms. The summed E-state index contributed by atoms with van der Waals surface area (Å²) < 4.78 is 0. The van der Waals surface area contributed by atoms with Gasteiger partial charge >= 0.3 is 0 Å². The van der Waals surface area contributed by atoms with Crippen molar-refractivity contribution < 1.29 is 5.11 Å². The lowest BCUT2D eigenvalue weighted by molar-refractivity contribution is 0.122. The molecule has 0 atom stereocenters. The summed E-state index contributed by atoms with van der Waals surface area (Å²) in [6, 6.07) is 0.739. The lowest BCUT2D eigenvalue weighted by Gasteiger charge is -2.31. The average molecular weight is 211 g/mol. The lowest BCUT2D eigenvalue weighted by atomic mass is 9.86. The van der Waals surface area contributed by atoms with Gasteiger partial charge in [-0.25, -0.2) is 0 Å². The van der Waals surface area contributed by atoms with E-state index in [0.29, 0.717) is 6.61 Å². The molecular weight excluding hydrogens is 186 g/mol. The first kappa shape index (κ1) is 11.4. The van der Waals surface area contributed by atoms with Gasteiger partial charge in [0.15, 0.2) is 0 Å². The van der Waals surface area contributed by atoms with E-state index in [0.717, 1.165) is 12.6 Å². The summed E-state index contributed by atoms with van der Waals surface area (Å²) in [6.07, 6.45) is 12.0. The number of rotatable bonds is 4. The van der Waals surface area contributed by atoms with Crippen LogP contribution >= 0.6 is 0 Å². The fourth-order valence-corrected chi connectivity index (χ4v) is 3.18. The third-order valence-electron chi connectivity index (χ3n) is 4.37. The Morgan fingerprint density at radius 2 is 1.67 bits per heavy atom. The standard InChI is InChI=1S/C13H25NO/c15-11-13(8-4-5-9-13)10-14-12-6-2-1-3-7-12/h12,14-15H,1-11H2. The highest BCUT2D eigenvalue weighted by molar-refractivity contribution is 4.87.